The van der Waals surface area contributed by atoms with Crippen LogP contribution in [0, 0.1) is 13.8 Å². The third kappa shape index (κ3) is 3.64. The second-order valence-electron chi connectivity index (χ2n) is 5.14. The van der Waals surface area contributed by atoms with Gasteiger partial charge in [-0.1, -0.05) is 13.8 Å². The first-order valence-electron chi connectivity index (χ1n) is 6.65. The van der Waals surface area contributed by atoms with Gasteiger partial charge >= 0.3 is 0 Å². The number of hydrogen-bond acceptors (Lipinski definition) is 4. The zero-order chi connectivity index (χ0) is 15.6. The van der Waals surface area contributed by atoms with Gasteiger partial charge in [0, 0.05) is 16.9 Å². The van der Waals surface area contributed by atoms with Crippen molar-refractivity contribution in [2.45, 2.75) is 33.6 Å². The average molecular weight is 349 g/mol. The van der Waals surface area contributed by atoms with Gasteiger partial charge in [-0.25, -0.2) is 15.0 Å². The van der Waals surface area contributed by atoms with Crippen LogP contribution in [0.15, 0.2) is 22.9 Å². The van der Waals surface area contributed by atoms with Crippen LogP contribution in [-0.4, -0.2) is 20.9 Å². The second kappa shape index (κ2) is 6.30. The van der Waals surface area contributed by atoms with E-state index in [0.717, 1.165) is 15.7 Å². The van der Waals surface area contributed by atoms with E-state index in [0.29, 0.717) is 17.2 Å². The van der Waals surface area contributed by atoms with E-state index in [9.17, 15) is 4.79 Å². The summed E-state index contributed by atoms with van der Waals surface area (Å²) in [6.07, 6.45) is 3.23. The Morgan fingerprint density at radius 1 is 1.24 bits per heavy atom. The molecule has 0 aliphatic rings. The maximum atomic E-state index is 12.4. The van der Waals surface area contributed by atoms with E-state index >= 15 is 0 Å². The highest BCUT2D eigenvalue weighted by Gasteiger charge is 2.17. The summed E-state index contributed by atoms with van der Waals surface area (Å²) in [5.41, 5.74) is 2.23. The smallest absolute Gasteiger partial charge is 0.260 e. The zero-order valence-electron chi connectivity index (χ0n) is 12.4. The van der Waals surface area contributed by atoms with Crippen molar-refractivity contribution in [1.82, 2.24) is 15.0 Å². The van der Waals surface area contributed by atoms with E-state index in [1.807, 2.05) is 33.8 Å². The summed E-state index contributed by atoms with van der Waals surface area (Å²) in [6, 6.07) is 1.81. The molecule has 0 radical (unpaired) electrons. The fourth-order valence-electron chi connectivity index (χ4n) is 1.89. The highest BCUT2D eigenvalue weighted by molar-refractivity contribution is 9.10. The number of nitrogens with zero attached hydrogens (tertiary/aromatic N) is 3. The first kappa shape index (κ1) is 15.6. The molecule has 2 heterocycles. The SMILES string of the molecule is Cc1ncc(C(=O)Nc2cc(C)c(Br)cn2)c(C(C)C)n1. The van der Waals surface area contributed by atoms with Gasteiger partial charge < -0.3 is 5.32 Å². The Kier molecular flexibility index (Phi) is 4.67. The quantitative estimate of drug-likeness (QED) is 0.919. The van der Waals surface area contributed by atoms with Crippen LogP contribution >= 0.6 is 15.9 Å². The number of nitrogens with one attached hydrogen (secondary N) is 1. The van der Waals surface area contributed by atoms with Gasteiger partial charge in [0.15, 0.2) is 0 Å². The summed E-state index contributed by atoms with van der Waals surface area (Å²) in [6.45, 7) is 7.75. The van der Waals surface area contributed by atoms with Crippen molar-refractivity contribution in [1.29, 1.82) is 0 Å². The number of rotatable bonds is 3. The first-order valence-corrected chi connectivity index (χ1v) is 7.45. The number of aromatic nitrogens is 3. The van der Waals surface area contributed by atoms with E-state index in [2.05, 4.69) is 36.2 Å². The van der Waals surface area contributed by atoms with Gasteiger partial charge in [-0.3, -0.25) is 4.79 Å². The molecule has 0 aliphatic heterocycles. The topological polar surface area (TPSA) is 67.8 Å². The minimum absolute atomic E-state index is 0.145. The molecule has 110 valence electrons. The maximum absolute atomic E-state index is 12.4. The van der Waals surface area contributed by atoms with Crippen LogP contribution in [-0.2, 0) is 0 Å². The molecule has 0 fully saturated rings. The molecule has 2 rings (SSSR count). The highest BCUT2D eigenvalue weighted by Crippen LogP contribution is 2.20. The van der Waals surface area contributed by atoms with Gasteiger partial charge in [0.05, 0.1) is 11.3 Å². The Morgan fingerprint density at radius 2 is 1.95 bits per heavy atom. The molecular formula is C15H17BrN4O. The Hall–Kier alpha value is -1.82. The third-order valence-electron chi connectivity index (χ3n) is 3.02. The molecule has 0 saturated carbocycles. The summed E-state index contributed by atoms with van der Waals surface area (Å²) in [7, 11) is 0. The molecule has 6 heteroatoms. The molecule has 21 heavy (non-hydrogen) atoms. The van der Waals surface area contributed by atoms with Crippen molar-refractivity contribution in [2.24, 2.45) is 0 Å². The van der Waals surface area contributed by atoms with Crippen molar-refractivity contribution in [2.75, 3.05) is 5.32 Å². The molecule has 0 spiro atoms. The van der Waals surface area contributed by atoms with Crippen molar-refractivity contribution in [3.63, 3.8) is 0 Å². The van der Waals surface area contributed by atoms with Gasteiger partial charge in [0.25, 0.3) is 5.91 Å². The Labute approximate surface area is 132 Å². The van der Waals surface area contributed by atoms with E-state index in [4.69, 9.17) is 0 Å². The fraction of sp³-hybridized carbons (Fsp3) is 0.333. The number of aryl methyl sites for hydroxylation is 2. The number of anilines is 1. The lowest BCUT2D eigenvalue weighted by Crippen LogP contribution is -2.17. The molecule has 1 amide bonds. The molecule has 0 atom stereocenters. The molecule has 5 nitrogen and oxygen atoms in total. The molecule has 0 bridgehead atoms. The molecule has 1 N–H and O–H groups in total. The second-order valence-corrected chi connectivity index (χ2v) is 6.00. The number of pyridine rings is 1. The average Bonchev–Trinajstić information content (AvgIpc) is 2.42. The first-order chi connectivity index (χ1) is 9.88. The standard InChI is InChI=1S/C15H17BrN4O/c1-8(2)14-11(6-17-10(4)19-14)15(21)20-13-5-9(3)12(16)7-18-13/h5-8H,1-4H3,(H,18,20,21). The van der Waals surface area contributed by atoms with Gasteiger partial charge in [-0.2, -0.15) is 0 Å². The highest BCUT2D eigenvalue weighted by atomic mass is 79.9. The van der Waals surface area contributed by atoms with Gasteiger partial charge in [0.1, 0.15) is 11.6 Å². The number of halogens is 1. The molecule has 0 unspecified atom stereocenters. The summed E-state index contributed by atoms with van der Waals surface area (Å²) in [5.74, 6) is 1.07. The zero-order valence-corrected chi connectivity index (χ0v) is 14.0. The van der Waals surface area contributed by atoms with Crippen molar-refractivity contribution < 1.29 is 4.79 Å². The van der Waals surface area contributed by atoms with Crippen LogP contribution in [0.5, 0.6) is 0 Å². The predicted octanol–water partition coefficient (Wildman–Crippen LogP) is 3.63. The van der Waals surface area contributed by atoms with Crippen LogP contribution in [0.2, 0.25) is 0 Å². The molecule has 2 aromatic heterocycles. The van der Waals surface area contributed by atoms with Crippen LogP contribution in [0.25, 0.3) is 0 Å². The van der Waals surface area contributed by atoms with Gasteiger partial charge in [0.2, 0.25) is 0 Å². The summed E-state index contributed by atoms with van der Waals surface area (Å²) >= 11 is 3.38. The van der Waals surface area contributed by atoms with Crippen molar-refractivity contribution in [3.8, 4) is 0 Å². The van der Waals surface area contributed by atoms with Crippen molar-refractivity contribution >= 4 is 27.7 Å². The largest absolute Gasteiger partial charge is 0.306 e. The van der Waals surface area contributed by atoms with E-state index < -0.39 is 0 Å². The minimum atomic E-state index is -0.243. The minimum Gasteiger partial charge on any atom is -0.306 e. The van der Waals surface area contributed by atoms with Crippen LogP contribution in [0.4, 0.5) is 5.82 Å². The number of carbonyl (C=O) groups is 1. The predicted molar refractivity (Wildman–Crippen MR) is 85.5 cm³/mol. The number of carbonyl (C=O) groups excluding carboxylic acids is 1. The lowest BCUT2D eigenvalue weighted by molar-refractivity contribution is 0.102. The van der Waals surface area contributed by atoms with Crippen LogP contribution in [0.1, 0.15) is 47.2 Å². The Balaban J connectivity index is 2.30. The lowest BCUT2D eigenvalue weighted by atomic mass is 10.0. The molecule has 0 aliphatic carbocycles. The van der Waals surface area contributed by atoms with Crippen LogP contribution in [0.3, 0.4) is 0 Å². The summed E-state index contributed by atoms with van der Waals surface area (Å²) < 4.78 is 0.905. The monoisotopic (exact) mass is 348 g/mol. The molecule has 0 aromatic carbocycles. The number of amides is 1. The Morgan fingerprint density at radius 3 is 2.57 bits per heavy atom. The van der Waals surface area contributed by atoms with E-state index in [1.54, 1.807) is 12.4 Å². The van der Waals surface area contributed by atoms with Gasteiger partial charge in [-0.15, -0.1) is 0 Å². The fourth-order valence-corrected chi connectivity index (χ4v) is 2.11. The summed E-state index contributed by atoms with van der Waals surface area (Å²) in [4.78, 5) is 25.1. The van der Waals surface area contributed by atoms with E-state index in [-0.39, 0.29) is 11.8 Å². The molecule has 0 saturated heterocycles. The Bertz CT molecular complexity index is 685. The molecular weight excluding hydrogens is 332 g/mol. The number of hydrogen-bond donors (Lipinski definition) is 1. The molecule has 2 aromatic rings. The van der Waals surface area contributed by atoms with Gasteiger partial charge in [-0.05, 0) is 47.3 Å². The van der Waals surface area contributed by atoms with E-state index in [1.165, 1.54) is 0 Å². The van der Waals surface area contributed by atoms with Crippen molar-refractivity contribution in [3.05, 3.63) is 45.6 Å². The normalized spacial score (nSPS) is 10.8. The summed E-state index contributed by atoms with van der Waals surface area (Å²) in [5, 5.41) is 2.79. The third-order valence-corrected chi connectivity index (χ3v) is 3.85. The van der Waals surface area contributed by atoms with Crippen LogP contribution < -0.4 is 5.32 Å². The lowest BCUT2D eigenvalue weighted by Gasteiger charge is -2.12. The maximum Gasteiger partial charge on any atom is 0.260 e.